The van der Waals surface area contributed by atoms with E-state index in [-0.39, 0.29) is 17.0 Å². The first-order valence-electron chi connectivity index (χ1n) is 6.54. The van der Waals surface area contributed by atoms with Crippen LogP contribution < -0.4 is 0 Å². The summed E-state index contributed by atoms with van der Waals surface area (Å²) in [5.41, 5.74) is 0.646. The number of rotatable bonds is 2. The first kappa shape index (κ1) is 14.3. The van der Waals surface area contributed by atoms with Crippen molar-refractivity contribution in [1.82, 2.24) is 9.61 Å². The minimum Gasteiger partial charge on any atom is -0.294 e. The van der Waals surface area contributed by atoms with E-state index in [2.05, 4.69) is 5.10 Å². The summed E-state index contributed by atoms with van der Waals surface area (Å²) in [7, 11) is 0. The molecule has 0 fully saturated rings. The predicted octanol–water partition coefficient (Wildman–Crippen LogP) is 4.22. The molecule has 0 saturated heterocycles. The highest BCUT2D eigenvalue weighted by Crippen LogP contribution is 2.33. The van der Waals surface area contributed by atoms with Crippen LogP contribution in [0.1, 0.15) is 22.8 Å². The van der Waals surface area contributed by atoms with Gasteiger partial charge in [-0.25, -0.2) is 4.52 Å². The second-order valence-electron chi connectivity index (χ2n) is 4.89. The second-order valence-corrected chi connectivity index (χ2v) is 4.89. The van der Waals surface area contributed by atoms with Crippen molar-refractivity contribution in [3.8, 4) is 11.3 Å². The van der Waals surface area contributed by atoms with Crippen LogP contribution in [-0.2, 0) is 6.18 Å². The molecule has 2 aromatic heterocycles. The third kappa shape index (κ3) is 2.36. The lowest BCUT2D eigenvalue weighted by molar-refractivity contribution is -0.137. The second kappa shape index (κ2) is 4.98. The van der Waals surface area contributed by atoms with E-state index in [0.717, 1.165) is 12.1 Å². The number of nitrogens with zero attached hydrogens (tertiary/aromatic N) is 2. The fourth-order valence-corrected chi connectivity index (χ4v) is 2.39. The highest BCUT2D eigenvalue weighted by molar-refractivity contribution is 6.06. The van der Waals surface area contributed by atoms with Gasteiger partial charge in [0.2, 0.25) is 0 Å². The van der Waals surface area contributed by atoms with Crippen LogP contribution in [0.25, 0.3) is 16.8 Å². The average molecular weight is 304 g/mol. The Morgan fingerprint density at radius 2 is 1.91 bits per heavy atom. The number of carbonyl (C=O) groups is 1. The van der Waals surface area contributed by atoms with Gasteiger partial charge in [-0.2, -0.15) is 18.3 Å². The normalized spacial score (nSPS) is 11.8. The zero-order chi connectivity index (χ0) is 15.9. The Hall–Kier alpha value is -2.63. The lowest BCUT2D eigenvalue weighted by Gasteiger charge is -2.08. The third-order valence-electron chi connectivity index (χ3n) is 3.36. The molecular formula is C16H11F3N2O. The quantitative estimate of drug-likeness (QED) is 0.664. The van der Waals surface area contributed by atoms with Crippen LogP contribution in [-0.4, -0.2) is 15.4 Å². The number of carbonyl (C=O) groups excluding carboxylic acids is 1. The Balaban J connectivity index is 2.26. The Morgan fingerprint density at radius 3 is 2.59 bits per heavy atom. The van der Waals surface area contributed by atoms with Crippen molar-refractivity contribution >= 4 is 11.3 Å². The largest absolute Gasteiger partial charge is 0.416 e. The number of halogens is 3. The molecule has 0 spiro atoms. The van der Waals surface area contributed by atoms with E-state index in [1.807, 2.05) is 0 Å². The molecule has 0 radical (unpaired) electrons. The number of benzene rings is 1. The van der Waals surface area contributed by atoms with Gasteiger partial charge in [0, 0.05) is 11.8 Å². The summed E-state index contributed by atoms with van der Waals surface area (Å²) >= 11 is 0. The number of ketones is 1. The van der Waals surface area contributed by atoms with Crippen LogP contribution >= 0.6 is 0 Å². The molecule has 2 heterocycles. The van der Waals surface area contributed by atoms with Crippen LogP contribution in [0, 0.1) is 0 Å². The lowest BCUT2D eigenvalue weighted by atomic mass is 10.0. The van der Waals surface area contributed by atoms with E-state index in [1.54, 1.807) is 24.4 Å². The third-order valence-corrected chi connectivity index (χ3v) is 3.36. The number of fused-ring (bicyclic) bond motifs is 1. The van der Waals surface area contributed by atoms with Crippen LogP contribution in [0.15, 0.2) is 48.7 Å². The molecular weight excluding hydrogens is 293 g/mol. The molecule has 3 rings (SSSR count). The maximum Gasteiger partial charge on any atom is 0.416 e. The van der Waals surface area contributed by atoms with Crippen LogP contribution in [0.4, 0.5) is 13.2 Å². The molecule has 3 nitrogen and oxygen atoms in total. The zero-order valence-electron chi connectivity index (χ0n) is 11.6. The maximum atomic E-state index is 12.9. The van der Waals surface area contributed by atoms with Crippen molar-refractivity contribution in [3.63, 3.8) is 0 Å². The van der Waals surface area contributed by atoms with Gasteiger partial charge in [-0.05, 0) is 31.2 Å². The monoisotopic (exact) mass is 304 g/mol. The van der Waals surface area contributed by atoms with Gasteiger partial charge in [0.15, 0.2) is 5.78 Å². The standard InChI is InChI=1S/C16H11F3N2O/c1-10(22)14-13-7-2-3-8-21(13)20-15(14)11-5-4-6-12(9-11)16(17,18)19/h2-9H,1H3. The number of hydrogen-bond donors (Lipinski definition) is 0. The smallest absolute Gasteiger partial charge is 0.294 e. The Labute approximate surface area is 124 Å². The topological polar surface area (TPSA) is 34.4 Å². The molecule has 1 aromatic carbocycles. The molecule has 0 unspecified atom stereocenters. The van der Waals surface area contributed by atoms with Crippen molar-refractivity contribution in [2.24, 2.45) is 0 Å². The molecule has 0 saturated carbocycles. The maximum absolute atomic E-state index is 12.9. The van der Waals surface area contributed by atoms with E-state index in [1.165, 1.54) is 23.6 Å². The highest BCUT2D eigenvalue weighted by Gasteiger charge is 2.31. The Bertz CT molecular complexity index is 865. The summed E-state index contributed by atoms with van der Waals surface area (Å²) in [6, 6.07) is 10.0. The summed E-state index contributed by atoms with van der Waals surface area (Å²) in [6.45, 7) is 1.38. The van der Waals surface area contributed by atoms with Crippen molar-refractivity contribution in [1.29, 1.82) is 0 Å². The first-order chi connectivity index (χ1) is 10.4. The Kier molecular flexibility index (Phi) is 3.24. The van der Waals surface area contributed by atoms with Crippen LogP contribution in [0.5, 0.6) is 0 Å². The van der Waals surface area contributed by atoms with E-state index < -0.39 is 11.7 Å². The molecule has 0 aliphatic heterocycles. The van der Waals surface area contributed by atoms with Gasteiger partial charge in [-0.1, -0.05) is 18.2 Å². The average Bonchev–Trinajstić information content (AvgIpc) is 2.86. The molecule has 0 amide bonds. The molecule has 0 N–H and O–H groups in total. The summed E-state index contributed by atoms with van der Waals surface area (Å²) in [5, 5.41) is 4.26. The summed E-state index contributed by atoms with van der Waals surface area (Å²) in [4.78, 5) is 11.9. The van der Waals surface area contributed by atoms with Crippen molar-refractivity contribution in [3.05, 3.63) is 59.8 Å². The van der Waals surface area contributed by atoms with Gasteiger partial charge in [-0.3, -0.25) is 4.79 Å². The molecule has 0 atom stereocenters. The van der Waals surface area contributed by atoms with Gasteiger partial charge in [0.25, 0.3) is 0 Å². The molecule has 112 valence electrons. The Morgan fingerprint density at radius 1 is 1.14 bits per heavy atom. The van der Waals surface area contributed by atoms with Gasteiger partial charge >= 0.3 is 6.18 Å². The first-order valence-corrected chi connectivity index (χ1v) is 6.54. The molecule has 0 aliphatic rings. The number of pyridine rings is 1. The van der Waals surface area contributed by atoms with Crippen LogP contribution in [0.3, 0.4) is 0 Å². The minimum atomic E-state index is -4.44. The number of aromatic nitrogens is 2. The lowest BCUT2D eigenvalue weighted by Crippen LogP contribution is -2.05. The molecule has 0 aliphatic carbocycles. The van der Waals surface area contributed by atoms with Gasteiger partial charge in [0.1, 0.15) is 5.69 Å². The number of alkyl halides is 3. The fraction of sp³-hybridized carbons (Fsp3) is 0.125. The predicted molar refractivity (Wildman–Crippen MR) is 75.6 cm³/mol. The molecule has 6 heteroatoms. The van der Waals surface area contributed by atoms with E-state index in [9.17, 15) is 18.0 Å². The minimum absolute atomic E-state index is 0.242. The summed E-state index contributed by atoms with van der Waals surface area (Å²) < 4.78 is 40.1. The van der Waals surface area contributed by atoms with E-state index in [0.29, 0.717) is 11.1 Å². The number of hydrogen-bond acceptors (Lipinski definition) is 2. The SMILES string of the molecule is CC(=O)c1c(-c2cccc(C(F)(F)F)c2)nn2ccccc12. The van der Waals surface area contributed by atoms with Crippen molar-refractivity contribution in [2.45, 2.75) is 13.1 Å². The number of Topliss-reactive ketones (excluding diaryl/α,β-unsaturated/α-hetero) is 1. The van der Waals surface area contributed by atoms with E-state index >= 15 is 0 Å². The van der Waals surface area contributed by atoms with E-state index in [4.69, 9.17) is 0 Å². The van der Waals surface area contributed by atoms with Crippen molar-refractivity contribution < 1.29 is 18.0 Å². The summed E-state index contributed by atoms with van der Waals surface area (Å²) in [6.07, 6.45) is -2.79. The molecule has 22 heavy (non-hydrogen) atoms. The zero-order valence-corrected chi connectivity index (χ0v) is 11.6. The highest BCUT2D eigenvalue weighted by atomic mass is 19.4. The summed E-state index contributed by atoms with van der Waals surface area (Å²) in [5.74, 6) is -0.242. The van der Waals surface area contributed by atoms with Gasteiger partial charge in [0.05, 0.1) is 16.6 Å². The van der Waals surface area contributed by atoms with Gasteiger partial charge in [-0.15, -0.1) is 0 Å². The fourth-order valence-electron chi connectivity index (χ4n) is 2.39. The van der Waals surface area contributed by atoms with Gasteiger partial charge < -0.3 is 0 Å². The molecule has 0 bridgehead atoms. The molecule has 3 aromatic rings. The van der Waals surface area contributed by atoms with Crippen molar-refractivity contribution in [2.75, 3.05) is 0 Å². The van der Waals surface area contributed by atoms with Crippen LogP contribution in [0.2, 0.25) is 0 Å².